The number of hydrogen-bond acceptors (Lipinski definition) is 5. The van der Waals surface area contributed by atoms with Crippen LogP contribution in [0.2, 0.25) is 0 Å². The minimum atomic E-state index is -0.333. The normalized spacial score (nSPS) is 15.5. The highest BCUT2D eigenvalue weighted by Crippen LogP contribution is 2.35. The third-order valence-corrected chi connectivity index (χ3v) is 5.16. The van der Waals surface area contributed by atoms with Gasteiger partial charge in [-0.25, -0.2) is 4.39 Å². The van der Waals surface area contributed by atoms with Gasteiger partial charge in [-0.1, -0.05) is 38.1 Å². The topological polar surface area (TPSA) is 55.8 Å². The number of carbonyl (C=O) groups is 2. The second kappa shape index (κ2) is 9.13. The Morgan fingerprint density at radius 3 is 2.59 bits per heavy atom. The van der Waals surface area contributed by atoms with Crippen molar-refractivity contribution in [2.45, 2.75) is 20.5 Å². The van der Waals surface area contributed by atoms with Gasteiger partial charge in [-0.05, 0) is 47.5 Å². The standard InChI is InChI=1S/C22H22FNO4S/c1-14(2)12-24-21(25)20(29-22(24)26)11-15-8-9-18(19(10-15)27-3)28-13-16-6-4-5-7-17(16)23/h4-11,14H,12-13H2,1-3H3/b20-11+. The fraction of sp³-hybridized carbons (Fsp3) is 0.273. The van der Waals surface area contributed by atoms with Gasteiger partial charge in [0, 0.05) is 12.1 Å². The van der Waals surface area contributed by atoms with Crippen molar-refractivity contribution in [1.82, 2.24) is 4.90 Å². The largest absolute Gasteiger partial charge is 0.493 e. The molecule has 0 aromatic heterocycles. The number of amides is 2. The number of nitrogens with zero attached hydrogens (tertiary/aromatic N) is 1. The Labute approximate surface area is 173 Å². The van der Waals surface area contributed by atoms with E-state index >= 15 is 0 Å². The molecule has 1 heterocycles. The molecular weight excluding hydrogens is 393 g/mol. The summed E-state index contributed by atoms with van der Waals surface area (Å²) in [5, 5.41) is -0.258. The molecule has 2 aromatic rings. The van der Waals surface area contributed by atoms with Crippen LogP contribution in [-0.2, 0) is 11.4 Å². The lowest BCUT2D eigenvalue weighted by atomic mass is 10.1. The molecule has 29 heavy (non-hydrogen) atoms. The molecule has 0 N–H and O–H groups in total. The molecule has 5 nitrogen and oxygen atoms in total. The number of ether oxygens (including phenoxy) is 2. The minimum Gasteiger partial charge on any atom is -0.493 e. The number of hydrogen-bond donors (Lipinski definition) is 0. The number of halogens is 1. The van der Waals surface area contributed by atoms with E-state index < -0.39 is 0 Å². The molecule has 152 valence electrons. The molecule has 0 unspecified atom stereocenters. The van der Waals surface area contributed by atoms with Crippen molar-refractivity contribution < 1.29 is 23.5 Å². The molecule has 1 aliphatic heterocycles. The molecule has 0 aliphatic carbocycles. The van der Waals surface area contributed by atoms with Gasteiger partial charge in [-0.3, -0.25) is 14.5 Å². The summed E-state index contributed by atoms with van der Waals surface area (Å²) in [7, 11) is 1.51. The maximum Gasteiger partial charge on any atom is 0.293 e. The molecule has 0 saturated carbocycles. The fourth-order valence-corrected chi connectivity index (χ4v) is 3.69. The lowest BCUT2D eigenvalue weighted by Crippen LogP contribution is -2.31. The summed E-state index contributed by atoms with van der Waals surface area (Å²) >= 11 is 0.930. The van der Waals surface area contributed by atoms with Gasteiger partial charge in [0.05, 0.1) is 12.0 Å². The average molecular weight is 415 g/mol. The molecule has 2 aromatic carbocycles. The number of carbonyl (C=O) groups excluding carboxylic acids is 2. The van der Waals surface area contributed by atoms with E-state index in [1.807, 2.05) is 13.8 Å². The van der Waals surface area contributed by atoms with Crippen LogP contribution in [0.4, 0.5) is 9.18 Å². The van der Waals surface area contributed by atoms with E-state index in [0.29, 0.717) is 34.1 Å². The Balaban J connectivity index is 1.77. The lowest BCUT2D eigenvalue weighted by Gasteiger charge is -2.14. The van der Waals surface area contributed by atoms with Crippen LogP contribution < -0.4 is 9.47 Å². The molecule has 1 saturated heterocycles. The van der Waals surface area contributed by atoms with Crippen LogP contribution in [0.1, 0.15) is 25.0 Å². The Hall–Kier alpha value is -2.80. The van der Waals surface area contributed by atoms with E-state index in [9.17, 15) is 14.0 Å². The molecule has 1 fully saturated rings. The second-order valence-electron chi connectivity index (χ2n) is 6.98. The molecule has 3 rings (SSSR count). The van der Waals surface area contributed by atoms with Crippen molar-refractivity contribution >= 4 is 29.0 Å². The van der Waals surface area contributed by atoms with Gasteiger partial charge in [0.2, 0.25) is 0 Å². The van der Waals surface area contributed by atoms with Gasteiger partial charge in [0.15, 0.2) is 11.5 Å². The maximum absolute atomic E-state index is 13.8. The zero-order valence-electron chi connectivity index (χ0n) is 16.5. The van der Waals surface area contributed by atoms with Gasteiger partial charge in [0.25, 0.3) is 11.1 Å². The van der Waals surface area contributed by atoms with Crippen molar-refractivity contribution in [3.8, 4) is 11.5 Å². The molecule has 0 bridgehead atoms. The Bertz CT molecular complexity index is 958. The summed E-state index contributed by atoms with van der Waals surface area (Å²) in [4.78, 5) is 26.2. The fourth-order valence-electron chi connectivity index (χ4n) is 2.84. The first-order chi connectivity index (χ1) is 13.9. The van der Waals surface area contributed by atoms with Crippen LogP contribution in [0.5, 0.6) is 11.5 Å². The highest BCUT2D eigenvalue weighted by atomic mass is 32.2. The van der Waals surface area contributed by atoms with Crippen LogP contribution in [0.3, 0.4) is 0 Å². The van der Waals surface area contributed by atoms with E-state index in [4.69, 9.17) is 9.47 Å². The average Bonchev–Trinajstić information content (AvgIpc) is 2.95. The van der Waals surface area contributed by atoms with E-state index in [-0.39, 0.29) is 29.5 Å². The molecule has 0 atom stereocenters. The number of thioether (sulfide) groups is 1. The van der Waals surface area contributed by atoms with Gasteiger partial charge >= 0.3 is 0 Å². The van der Waals surface area contributed by atoms with Crippen LogP contribution in [0.15, 0.2) is 47.4 Å². The van der Waals surface area contributed by atoms with Crippen molar-refractivity contribution in [2.24, 2.45) is 5.92 Å². The molecule has 7 heteroatoms. The van der Waals surface area contributed by atoms with Crippen LogP contribution in [0.25, 0.3) is 6.08 Å². The lowest BCUT2D eigenvalue weighted by molar-refractivity contribution is -0.123. The van der Waals surface area contributed by atoms with Crippen molar-refractivity contribution in [3.05, 3.63) is 64.3 Å². The Morgan fingerprint density at radius 2 is 1.90 bits per heavy atom. The predicted octanol–water partition coefficient (Wildman–Crippen LogP) is 5.11. The van der Waals surface area contributed by atoms with Crippen molar-refractivity contribution in [2.75, 3.05) is 13.7 Å². The predicted molar refractivity (Wildman–Crippen MR) is 111 cm³/mol. The highest BCUT2D eigenvalue weighted by Gasteiger charge is 2.35. The monoisotopic (exact) mass is 415 g/mol. The number of rotatable bonds is 7. The third kappa shape index (κ3) is 4.98. The summed E-state index contributed by atoms with van der Waals surface area (Å²) in [6, 6.07) is 11.6. The number of imide groups is 1. The Kier molecular flexibility index (Phi) is 6.59. The molecule has 1 aliphatic rings. The Morgan fingerprint density at radius 1 is 1.14 bits per heavy atom. The number of benzene rings is 2. The zero-order valence-corrected chi connectivity index (χ0v) is 17.3. The van der Waals surface area contributed by atoms with Gasteiger partial charge < -0.3 is 9.47 Å². The first-order valence-corrected chi connectivity index (χ1v) is 10.00. The maximum atomic E-state index is 13.8. The smallest absolute Gasteiger partial charge is 0.293 e. The third-order valence-electron chi connectivity index (χ3n) is 4.25. The van der Waals surface area contributed by atoms with E-state index in [1.54, 1.807) is 42.5 Å². The van der Waals surface area contributed by atoms with Gasteiger partial charge in [0.1, 0.15) is 12.4 Å². The van der Waals surface area contributed by atoms with E-state index in [0.717, 1.165) is 11.8 Å². The van der Waals surface area contributed by atoms with Crippen LogP contribution in [-0.4, -0.2) is 29.7 Å². The quantitative estimate of drug-likeness (QED) is 0.589. The zero-order chi connectivity index (χ0) is 21.0. The summed E-state index contributed by atoms with van der Waals surface area (Å²) in [5.74, 6) is 0.499. The molecule has 0 radical (unpaired) electrons. The summed E-state index contributed by atoms with van der Waals surface area (Å²) in [6.07, 6.45) is 1.66. The molecule has 0 spiro atoms. The van der Waals surface area contributed by atoms with E-state index in [2.05, 4.69) is 0 Å². The first kappa shape index (κ1) is 20.9. The first-order valence-electron chi connectivity index (χ1n) is 9.18. The van der Waals surface area contributed by atoms with Crippen molar-refractivity contribution in [1.29, 1.82) is 0 Å². The van der Waals surface area contributed by atoms with Gasteiger partial charge in [-0.15, -0.1) is 0 Å². The van der Waals surface area contributed by atoms with Crippen molar-refractivity contribution in [3.63, 3.8) is 0 Å². The van der Waals surface area contributed by atoms with E-state index in [1.165, 1.54) is 18.1 Å². The highest BCUT2D eigenvalue weighted by molar-refractivity contribution is 8.18. The number of methoxy groups -OCH3 is 1. The molecular formula is C22H22FNO4S. The van der Waals surface area contributed by atoms with Gasteiger partial charge in [-0.2, -0.15) is 0 Å². The summed E-state index contributed by atoms with van der Waals surface area (Å²) in [5.41, 5.74) is 1.15. The van der Waals surface area contributed by atoms with Crippen LogP contribution >= 0.6 is 11.8 Å². The second-order valence-corrected chi connectivity index (χ2v) is 7.97. The SMILES string of the molecule is COc1cc(/C=C2/SC(=O)N(CC(C)C)C2=O)ccc1OCc1ccccc1F. The molecule has 2 amide bonds. The summed E-state index contributed by atoms with van der Waals surface area (Å²) < 4.78 is 24.8. The summed E-state index contributed by atoms with van der Waals surface area (Å²) in [6.45, 7) is 4.38. The van der Waals surface area contributed by atoms with Crippen LogP contribution in [0, 0.1) is 11.7 Å². The minimum absolute atomic E-state index is 0.0659.